The second kappa shape index (κ2) is 4.43. The van der Waals surface area contributed by atoms with Crippen LogP contribution in [-0.2, 0) is 0 Å². The lowest BCUT2D eigenvalue weighted by Gasteiger charge is -2.07. The van der Waals surface area contributed by atoms with Crippen LogP contribution < -0.4 is 0 Å². The highest BCUT2D eigenvalue weighted by atomic mass is 14.2. The molecule has 0 N–H and O–H groups in total. The molecule has 0 spiro atoms. The number of nitrogens with zero attached hydrogens (tertiary/aromatic N) is 1. The normalized spacial score (nSPS) is 10.0. The minimum Gasteiger partial charge on any atom is -0.192 e. The van der Waals surface area contributed by atoms with Crippen LogP contribution in [0, 0.1) is 32.1 Å². The van der Waals surface area contributed by atoms with Crippen LogP contribution in [0.4, 0.5) is 0 Å². The standard InChI is InChI=1S/C16H15N/c1-11-6-12(2)8-16(7-11)14-4-5-15(10-17)13(3)9-14/h4-9H,1-3H3. The lowest BCUT2D eigenvalue weighted by atomic mass is 9.97. The van der Waals surface area contributed by atoms with E-state index in [1.165, 1.54) is 22.3 Å². The molecular weight excluding hydrogens is 206 g/mol. The first-order valence-corrected chi connectivity index (χ1v) is 5.69. The van der Waals surface area contributed by atoms with Crippen molar-refractivity contribution in [1.29, 1.82) is 5.26 Å². The van der Waals surface area contributed by atoms with Gasteiger partial charge in [0.2, 0.25) is 0 Å². The van der Waals surface area contributed by atoms with E-state index in [-0.39, 0.29) is 0 Å². The third-order valence-electron chi connectivity index (χ3n) is 2.90. The van der Waals surface area contributed by atoms with Crippen molar-refractivity contribution in [3.8, 4) is 17.2 Å². The van der Waals surface area contributed by atoms with Gasteiger partial charge in [0.15, 0.2) is 0 Å². The van der Waals surface area contributed by atoms with E-state index in [1.807, 2.05) is 19.1 Å². The Hall–Kier alpha value is -2.07. The first kappa shape index (κ1) is 11.4. The topological polar surface area (TPSA) is 23.8 Å². The van der Waals surface area contributed by atoms with Gasteiger partial charge in [-0.05, 0) is 43.5 Å². The summed E-state index contributed by atoms with van der Waals surface area (Å²) in [6.07, 6.45) is 0. The van der Waals surface area contributed by atoms with Crippen molar-refractivity contribution in [2.75, 3.05) is 0 Å². The quantitative estimate of drug-likeness (QED) is 0.709. The first-order chi connectivity index (χ1) is 8.10. The molecule has 0 aromatic heterocycles. The molecule has 0 aliphatic heterocycles. The Kier molecular flexibility index (Phi) is 2.97. The molecule has 0 aliphatic carbocycles. The summed E-state index contributed by atoms with van der Waals surface area (Å²) in [6.45, 7) is 6.19. The maximum atomic E-state index is 8.92. The van der Waals surface area contributed by atoms with E-state index >= 15 is 0 Å². The fourth-order valence-electron chi connectivity index (χ4n) is 2.11. The van der Waals surface area contributed by atoms with Crippen molar-refractivity contribution in [3.63, 3.8) is 0 Å². The van der Waals surface area contributed by atoms with E-state index < -0.39 is 0 Å². The van der Waals surface area contributed by atoms with Crippen molar-refractivity contribution >= 4 is 0 Å². The van der Waals surface area contributed by atoms with Crippen LogP contribution in [0.1, 0.15) is 22.3 Å². The summed E-state index contributed by atoms with van der Waals surface area (Å²) in [5, 5.41) is 8.92. The average molecular weight is 221 g/mol. The molecule has 0 radical (unpaired) electrons. The molecular formula is C16H15N. The molecule has 0 saturated carbocycles. The Morgan fingerprint density at radius 2 is 1.47 bits per heavy atom. The third-order valence-corrected chi connectivity index (χ3v) is 2.90. The fraction of sp³-hybridized carbons (Fsp3) is 0.188. The molecule has 2 aromatic rings. The zero-order valence-corrected chi connectivity index (χ0v) is 10.4. The largest absolute Gasteiger partial charge is 0.192 e. The third kappa shape index (κ3) is 2.37. The molecule has 2 aromatic carbocycles. The summed E-state index contributed by atoms with van der Waals surface area (Å²) in [5.74, 6) is 0. The SMILES string of the molecule is Cc1cc(C)cc(-c2ccc(C#N)c(C)c2)c1. The Balaban J connectivity index is 2.54. The summed E-state index contributed by atoms with van der Waals surface area (Å²) in [7, 11) is 0. The fourth-order valence-corrected chi connectivity index (χ4v) is 2.11. The van der Waals surface area contributed by atoms with E-state index in [0.29, 0.717) is 0 Å². The van der Waals surface area contributed by atoms with Gasteiger partial charge in [-0.3, -0.25) is 0 Å². The van der Waals surface area contributed by atoms with Gasteiger partial charge in [0.05, 0.1) is 11.6 Å². The molecule has 17 heavy (non-hydrogen) atoms. The Labute approximate surface area is 102 Å². The summed E-state index contributed by atoms with van der Waals surface area (Å²) >= 11 is 0. The highest BCUT2D eigenvalue weighted by Crippen LogP contribution is 2.24. The molecule has 0 unspecified atom stereocenters. The van der Waals surface area contributed by atoms with Gasteiger partial charge in [0, 0.05) is 0 Å². The molecule has 2 rings (SSSR count). The van der Waals surface area contributed by atoms with Crippen LogP contribution in [0.15, 0.2) is 36.4 Å². The van der Waals surface area contributed by atoms with Gasteiger partial charge in [-0.15, -0.1) is 0 Å². The molecule has 1 nitrogen and oxygen atoms in total. The minimum atomic E-state index is 0.748. The van der Waals surface area contributed by atoms with Crippen LogP contribution in [0.2, 0.25) is 0 Å². The molecule has 0 heterocycles. The monoisotopic (exact) mass is 221 g/mol. The van der Waals surface area contributed by atoms with Crippen LogP contribution in [0.25, 0.3) is 11.1 Å². The van der Waals surface area contributed by atoms with Gasteiger partial charge < -0.3 is 0 Å². The smallest absolute Gasteiger partial charge is 0.0994 e. The molecule has 1 heteroatoms. The summed E-state index contributed by atoms with van der Waals surface area (Å²) in [6, 6.07) is 14.7. The molecule has 0 saturated heterocycles. The van der Waals surface area contributed by atoms with Gasteiger partial charge in [-0.1, -0.05) is 41.5 Å². The van der Waals surface area contributed by atoms with E-state index in [4.69, 9.17) is 5.26 Å². The molecule has 84 valence electrons. The maximum absolute atomic E-state index is 8.92. The predicted octanol–water partition coefficient (Wildman–Crippen LogP) is 4.15. The summed E-state index contributed by atoms with van der Waals surface area (Å²) in [5.41, 5.74) is 6.70. The van der Waals surface area contributed by atoms with E-state index in [1.54, 1.807) is 0 Å². The van der Waals surface area contributed by atoms with Gasteiger partial charge in [-0.25, -0.2) is 0 Å². The lowest BCUT2D eigenvalue weighted by Crippen LogP contribution is -1.86. The second-order valence-corrected chi connectivity index (χ2v) is 4.52. The van der Waals surface area contributed by atoms with Crippen molar-refractivity contribution < 1.29 is 0 Å². The number of hydrogen-bond acceptors (Lipinski definition) is 1. The Morgan fingerprint density at radius 3 is 2.00 bits per heavy atom. The maximum Gasteiger partial charge on any atom is 0.0994 e. The van der Waals surface area contributed by atoms with Crippen molar-refractivity contribution in [2.24, 2.45) is 0 Å². The predicted molar refractivity (Wildman–Crippen MR) is 70.8 cm³/mol. The minimum absolute atomic E-state index is 0.748. The van der Waals surface area contributed by atoms with Gasteiger partial charge in [-0.2, -0.15) is 5.26 Å². The average Bonchev–Trinajstić information content (AvgIpc) is 2.27. The molecule has 0 aliphatic rings. The van der Waals surface area contributed by atoms with Crippen LogP contribution >= 0.6 is 0 Å². The van der Waals surface area contributed by atoms with E-state index in [9.17, 15) is 0 Å². The Bertz CT molecular complexity index is 583. The van der Waals surface area contributed by atoms with Gasteiger partial charge in [0.25, 0.3) is 0 Å². The Morgan fingerprint density at radius 1 is 0.824 bits per heavy atom. The van der Waals surface area contributed by atoms with Gasteiger partial charge >= 0.3 is 0 Å². The molecule has 0 fully saturated rings. The van der Waals surface area contributed by atoms with E-state index in [0.717, 1.165) is 11.1 Å². The molecule has 0 bridgehead atoms. The van der Waals surface area contributed by atoms with E-state index in [2.05, 4.69) is 44.2 Å². The van der Waals surface area contributed by atoms with Crippen LogP contribution in [0.5, 0.6) is 0 Å². The number of nitriles is 1. The van der Waals surface area contributed by atoms with Crippen molar-refractivity contribution in [2.45, 2.75) is 20.8 Å². The number of rotatable bonds is 1. The van der Waals surface area contributed by atoms with Crippen molar-refractivity contribution in [1.82, 2.24) is 0 Å². The number of benzene rings is 2. The van der Waals surface area contributed by atoms with Crippen LogP contribution in [0.3, 0.4) is 0 Å². The van der Waals surface area contributed by atoms with Crippen molar-refractivity contribution in [3.05, 3.63) is 58.7 Å². The second-order valence-electron chi connectivity index (χ2n) is 4.52. The highest BCUT2D eigenvalue weighted by Gasteiger charge is 2.02. The van der Waals surface area contributed by atoms with Gasteiger partial charge in [0.1, 0.15) is 0 Å². The van der Waals surface area contributed by atoms with Crippen LogP contribution in [-0.4, -0.2) is 0 Å². The first-order valence-electron chi connectivity index (χ1n) is 5.69. The summed E-state index contributed by atoms with van der Waals surface area (Å²) < 4.78 is 0. The number of hydrogen-bond donors (Lipinski definition) is 0. The number of aryl methyl sites for hydroxylation is 3. The zero-order chi connectivity index (χ0) is 12.4. The lowest BCUT2D eigenvalue weighted by molar-refractivity contribution is 1.36. The highest BCUT2D eigenvalue weighted by molar-refractivity contribution is 5.67. The molecule has 0 atom stereocenters. The molecule has 0 amide bonds. The summed E-state index contributed by atoms with van der Waals surface area (Å²) in [4.78, 5) is 0. The zero-order valence-electron chi connectivity index (χ0n) is 10.4.